The Bertz CT molecular complexity index is 1220. The fourth-order valence-corrected chi connectivity index (χ4v) is 3.45. The molecule has 0 fully saturated rings. The maximum atomic E-state index is 13.4. The van der Waals surface area contributed by atoms with E-state index in [-0.39, 0.29) is 18.1 Å². The van der Waals surface area contributed by atoms with Crippen LogP contribution in [0.2, 0.25) is 0 Å². The Morgan fingerprint density at radius 1 is 1.00 bits per heavy atom. The number of aromatic nitrogens is 3. The summed E-state index contributed by atoms with van der Waals surface area (Å²) >= 11 is 0. The summed E-state index contributed by atoms with van der Waals surface area (Å²) in [7, 11) is 1.78. The molecule has 0 aliphatic heterocycles. The van der Waals surface area contributed by atoms with Crippen LogP contribution in [-0.2, 0) is 17.6 Å². The predicted molar refractivity (Wildman–Crippen MR) is 121 cm³/mol. The minimum Gasteiger partial charge on any atom is -0.361 e. The molecule has 0 spiro atoms. The molecule has 0 unspecified atom stereocenters. The maximum absolute atomic E-state index is 13.4. The van der Waals surface area contributed by atoms with Gasteiger partial charge in [-0.05, 0) is 37.1 Å². The highest BCUT2D eigenvalue weighted by Gasteiger charge is 2.14. The lowest BCUT2D eigenvalue weighted by Crippen LogP contribution is -2.28. The van der Waals surface area contributed by atoms with Gasteiger partial charge in [0.05, 0.1) is 0 Å². The number of carbonyl (C=O) groups excluding carboxylic acids is 1. The molecule has 4 aromatic rings. The van der Waals surface area contributed by atoms with E-state index in [4.69, 9.17) is 9.05 Å². The Kier molecular flexibility index (Phi) is 6.92. The molecular weight excluding hydrogens is 423 g/mol. The van der Waals surface area contributed by atoms with Gasteiger partial charge in [0.2, 0.25) is 17.6 Å². The Balaban J connectivity index is 1.22. The maximum Gasteiger partial charge on any atom is 0.227 e. The van der Waals surface area contributed by atoms with Crippen LogP contribution in [0.3, 0.4) is 0 Å². The van der Waals surface area contributed by atoms with Crippen molar-refractivity contribution in [3.8, 4) is 22.6 Å². The fourth-order valence-electron chi connectivity index (χ4n) is 3.45. The van der Waals surface area contributed by atoms with Crippen LogP contribution < -0.4 is 0 Å². The summed E-state index contributed by atoms with van der Waals surface area (Å²) in [5.41, 5.74) is 3.01. The molecule has 170 valence electrons. The molecule has 0 radical (unpaired) electrons. The molecule has 33 heavy (non-hydrogen) atoms. The van der Waals surface area contributed by atoms with Gasteiger partial charge >= 0.3 is 0 Å². The summed E-state index contributed by atoms with van der Waals surface area (Å²) in [6, 6.07) is 16.4. The number of hydrogen-bond donors (Lipinski definition) is 0. The minimum absolute atomic E-state index is 0.00470. The number of benzene rings is 2. The van der Waals surface area contributed by atoms with Gasteiger partial charge in [0.25, 0.3) is 0 Å². The van der Waals surface area contributed by atoms with Crippen LogP contribution in [0, 0.1) is 12.7 Å². The van der Waals surface area contributed by atoms with Crippen molar-refractivity contribution in [3.05, 3.63) is 77.6 Å². The van der Waals surface area contributed by atoms with Crippen molar-refractivity contribution < 1.29 is 18.2 Å². The number of amides is 1. The van der Waals surface area contributed by atoms with Crippen LogP contribution in [0.4, 0.5) is 4.39 Å². The topological polar surface area (TPSA) is 85.3 Å². The Morgan fingerprint density at radius 2 is 1.82 bits per heavy atom. The largest absolute Gasteiger partial charge is 0.361 e. The van der Waals surface area contributed by atoms with Crippen molar-refractivity contribution in [1.82, 2.24) is 20.2 Å². The van der Waals surface area contributed by atoms with Crippen molar-refractivity contribution in [2.75, 3.05) is 13.6 Å². The van der Waals surface area contributed by atoms with Crippen molar-refractivity contribution in [1.29, 1.82) is 0 Å². The molecule has 0 atom stereocenters. The second kappa shape index (κ2) is 10.2. The zero-order valence-electron chi connectivity index (χ0n) is 18.6. The molecule has 8 heteroatoms. The number of nitrogens with zero attached hydrogens (tertiary/aromatic N) is 4. The van der Waals surface area contributed by atoms with Gasteiger partial charge in [-0.25, -0.2) is 4.39 Å². The molecule has 4 rings (SSSR count). The molecule has 0 aliphatic rings. The fraction of sp³-hybridized carbons (Fsp3) is 0.280. The zero-order chi connectivity index (χ0) is 23.2. The van der Waals surface area contributed by atoms with Crippen LogP contribution >= 0.6 is 0 Å². The molecule has 0 N–H and O–H groups in total. The second-order valence-corrected chi connectivity index (χ2v) is 7.94. The molecule has 2 heterocycles. The Labute approximate surface area is 191 Å². The third-order valence-corrected chi connectivity index (χ3v) is 5.41. The number of rotatable bonds is 9. The van der Waals surface area contributed by atoms with Crippen molar-refractivity contribution in [2.24, 2.45) is 0 Å². The van der Waals surface area contributed by atoms with Crippen LogP contribution in [0.15, 0.2) is 63.6 Å². The average Bonchev–Trinajstić information content (AvgIpc) is 3.50. The SMILES string of the molecule is Cc1cc(-c2noc(CCC(=O)N(C)CCCc3cc(-c4ccccc4)no3)n2)ccc1F. The molecule has 0 saturated carbocycles. The monoisotopic (exact) mass is 448 g/mol. The number of aryl methyl sites for hydroxylation is 3. The first-order chi connectivity index (χ1) is 16.0. The summed E-state index contributed by atoms with van der Waals surface area (Å²) in [5.74, 6) is 1.27. The molecule has 0 saturated heterocycles. The quantitative estimate of drug-likeness (QED) is 0.363. The van der Waals surface area contributed by atoms with Gasteiger partial charge < -0.3 is 13.9 Å². The molecular formula is C25H25FN4O3. The summed E-state index contributed by atoms with van der Waals surface area (Å²) < 4.78 is 24.1. The lowest BCUT2D eigenvalue weighted by atomic mass is 10.1. The summed E-state index contributed by atoms with van der Waals surface area (Å²) in [4.78, 5) is 18.5. The van der Waals surface area contributed by atoms with E-state index in [1.807, 2.05) is 36.4 Å². The number of hydrogen-bond acceptors (Lipinski definition) is 6. The van der Waals surface area contributed by atoms with Crippen molar-refractivity contribution in [3.63, 3.8) is 0 Å². The minimum atomic E-state index is -0.281. The second-order valence-electron chi connectivity index (χ2n) is 7.94. The highest BCUT2D eigenvalue weighted by Crippen LogP contribution is 2.20. The number of carbonyl (C=O) groups is 1. The lowest BCUT2D eigenvalue weighted by molar-refractivity contribution is -0.130. The van der Waals surface area contributed by atoms with E-state index in [1.165, 1.54) is 6.07 Å². The standard InChI is InChI=1S/C25H25FN4O3/c1-17-15-19(10-11-21(17)26)25-27-23(33-29-25)12-13-24(31)30(2)14-6-9-20-16-22(28-32-20)18-7-4-3-5-8-18/h3-5,7-8,10-11,15-16H,6,9,12-14H2,1-2H3. The highest BCUT2D eigenvalue weighted by molar-refractivity contribution is 5.76. The van der Waals surface area contributed by atoms with Crippen molar-refractivity contribution >= 4 is 5.91 Å². The van der Waals surface area contributed by atoms with E-state index >= 15 is 0 Å². The first-order valence-corrected chi connectivity index (χ1v) is 10.8. The molecule has 7 nitrogen and oxygen atoms in total. The predicted octanol–water partition coefficient (Wildman–Crippen LogP) is 4.86. The summed E-state index contributed by atoms with van der Waals surface area (Å²) in [6.45, 7) is 2.28. The normalized spacial score (nSPS) is 11.0. The van der Waals surface area contributed by atoms with Crippen LogP contribution in [0.25, 0.3) is 22.6 Å². The van der Waals surface area contributed by atoms with Gasteiger partial charge in [0.15, 0.2) is 0 Å². The first-order valence-electron chi connectivity index (χ1n) is 10.8. The smallest absolute Gasteiger partial charge is 0.227 e. The van der Waals surface area contributed by atoms with Gasteiger partial charge in [0.1, 0.15) is 17.3 Å². The third kappa shape index (κ3) is 5.71. The van der Waals surface area contributed by atoms with E-state index in [9.17, 15) is 9.18 Å². The first kappa shape index (κ1) is 22.4. The van der Waals surface area contributed by atoms with Crippen LogP contribution in [-0.4, -0.2) is 39.7 Å². The third-order valence-electron chi connectivity index (χ3n) is 5.41. The van der Waals surface area contributed by atoms with Gasteiger partial charge in [-0.2, -0.15) is 4.98 Å². The Hall–Kier alpha value is -3.81. The van der Waals surface area contributed by atoms with Crippen LogP contribution in [0.5, 0.6) is 0 Å². The highest BCUT2D eigenvalue weighted by atomic mass is 19.1. The molecule has 1 amide bonds. The molecule has 2 aromatic carbocycles. The molecule has 0 aliphatic carbocycles. The van der Waals surface area contributed by atoms with E-state index < -0.39 is 0 Å². The van der Waals surface area contributed by atoms with Crippen LogP contribution in [0.1, 0.15) is 30.1 Å². The lowest BCUT2D eigenvalue weighted by Gasteiger charge is -2.16. The van der Waals surface area contributed by atoms with Gasteiger partial charge in [-0.1, -0.05) is 40.6 Å². The summed E-state index contributed by atoms with van der Waals surface area (Å²) in [6.07, 6.45) is 2.07. The summed E-state index contributed by atoms with van der Waals surface area (Å²) in [5, 5.41) is 8.06. The van der Waals surface area contributed by atoms with E-state index in [0.29, 0.717) is 42.2 Å². The molecule has 0 bridgehead atoms. The van der Waals surface area contributed by atoms with E-state index in [1.54, 1.807) is 31.0 Å². The zero-order valence-corrected chi connectivity index (χ0v) is 18.6. The number of halogens is 1. The van der Waals surface area contributed by atoms with Crippen molar-refractivity contribution in [2.45, 2.75) is 32.6 Å². The Morgan fingerprint density at radius 3 is 2.61 bits per heavy atom. The van der Waals surface area contributed by atoms with E-state index in [2.05, 4.69) is 15.3 Å². The van der Waals surface area contributed by atoms with E-state index in [0.717, 1.165) is 23.4 Å². The van der Waals surface area contributed by atoms with Gasteiger partial charge in [-0.3, -0.25) is 4.79 Å². The average molecular weight is 448 g/mol. The molecule has 2 aromatic heterocycles. The van der Waals surface area contributed by atoms with Gasteiger partial charge in [0, 0.05) is 50.0 Å². The van der Waals surface area contributed by atoms with Gasteiger partial charge in [-0.15, -0.1) is 0 Å².